The molecule has 0 radical (unpaired) electrons. The molecule has 0 aliphatic carbocycles. The zero-order valence-electron chi connectivity index (χ0n) is 11.1. The summed E-state index contributed by atoms with van der Waals surface area (Å²) in [6.07, 6.45) is 0.655. The lowest BCUT2D eigenvalue weighted by atomic mass is 10.2. The first-order chi connectivity index (χ1) is 8.93. The molecule has 19 heavy (non-hydrogen) atoms. The van der Waals surface area contributed by atoms with E-state index < -0.39 is 11.2 Å². The number of hydrogen-bond donors (Lipinski definition) is 2. The van der Waals surface area contributed by atoms with Gasteiger partial charge in [0.15, 0.2) is 0 Å². The van der Waals surface area contributed by atoms with Crippen molar-refractivity contribution in [2.75, 3.05) is 0 Å². The van der Waals surface area contributed by atoms with Gasteiger partial charge in [-0.1, -0.05) is 33.0 Å². The number of hydrogen-bond acceptors (Lipinski definition) is 4. The smallest absolute Gasteiger partial charge is 0.329 e. The van der Waals surface area contributed by atoms with Crippen molar-refractivity contribution < 1.29 is 0 Å². The van der Waals surface area contributed by atoms with Gasteiger partial charge in [0.05, 0.1) is 0 Å². The van der Waals surface area contributed by atoms with Gasteiger partial charge in [-0.2, -0.15) is 0 Å². The third-order valence-electron chi connectivity index (χ3n) is 2.80. The Morgan fingerprint density at radius 1 is 1.32 bits per heavy atom. The van der Waals surface area contributed by atoms with Gasteiger partial charge in [0.1, 0.15) is 21.5 Å². The molecular formula is C12H16N4O2S. The van der Waals surface area contributed by atoms with E-state index in [1.807, 2.05) is 20.8 Å². The van der Waals surface area contributed by atoms with Crippen LogP contribution in [0.1, 0.15) is 26.6 Å². The van der Waals surface area contributed by atoms with Crippen molar-refractivity contribution in [2.24, 2.45) is 5.92 Å². The van der Waals surface area contributed by atoms with E-state index in [0.29, 0.717) is 24.4 Å². The SMILES string of the molecule is CCc1nc(=S)c2c(=O)[nH]c(=O)n(CC(C)C)c2[nH]1. The predicted octanol–water partition coefficient (Wildman–Crippen LogP) is 1.36. The van der Waals surface area contributed by atoms with Gasteiger partial charge in [-0.25, -0.2) is 9.78 Å². The minimum atomic E-state index is -0.489. The number of nitrogens with zero attached hydrogens (tertiary/aromatic N) is 2. The molecule has 102 valence electrons. The molecule has 2 heterocycles. The summed E-state index contributed by atoms with van der Waals surface area (Å²) in [5.41, 5.74) is -0.458. The Balaban J connectivity index is 2.95. The Morgan fingerprint density at radius 3 is 2.58 bits per heavy atom. The highest BCUT2D eigenvalue weighted by molar-refractivity contribution is 7.71. The maximum atomic E-state index is 11.9. The molecule has 2 rings (SSSR count). The fraction of sp³-hybridized carbons (Fsp3) is 0.500. The topological polar surface area (TPSA) is 83.5 Å². The fourth-order valence-corrected chi connectivity index (χ4v) is 2.25. The number of aromatic nitrogens is 4. The molecule has 0 bridgehead atoms. The Kier molecular flexibility index (Phi) is 3.66. The second-order valence-electron chi connectivity index (χ2n) is 4.83. The molecule has 0 spiro atoms. The summed E-state index contributed by atoms with van der Waals surface area (Å²) in [6, 6.07) is 0. The van der Waals surface area contributed by atoms with Crippen LogP contribution in [-0.4, -0.2) is 19.5 Å². The van der Waals surface area contributed by atoms with E-state index in [0.717, 1.165) is 0 Å². The average molecular weight is 280 g/mol. The summed E-state index contributed by atoms with van der Waals surface area (Å²) in [7, 11) is 0. The predicted molar refractivity (Wildman–Crippen MR) is 76.0 cm³/mol. The molecule has 0 aliphatic heterocycles. The molecule has 7 heteroatoms. The summed E-state index contributed by atoms with van der Waals surface area (Å²) >= 11 is 5.15. The molecule has 2 aromatic heterocycles. The Bertz CT molecular complexity index is 785. The first kappa shape index (κ1) is 13.7. The lowest BCUT2D eigenvalue weighted by Crippen LogP contribution is -2.32. The van der Waals surface area contributed by atoms with Crippen LogP contribution < -0.4 is 11.2 Å². The molecule has 0 unspecified atom stereocenters. The van der Waals surface area contributed by atoms with Crippen molar-refractivity contribution in [3.05, 3.63) is 31.3 Å². The average Bonchev–Trinajstić information content (AvgIpc) is 2.32. The Hall–Kier alpha value is -1.76. The Labute approximate surface area is 114 Å². The van der Waals surface area contributed by atoms with Crippen LogP contribution in [0.2, 0.25) is 0 Å². The monoisotopic (exact) mass is 280 g/mol. The zero-order valence-corrected chi connectivity index (χ0v) is 11.9. The Morgan fingerprint density at radius 2 is 2.00 bits per heavy atom. The molecule has 6 nitrogen and oxygen atoms in total. The summed E-state index contributed by atoms with van der Waals surface area (Å²) in [5, 5.41) is 0.271. The fourth-order valence-electron chi connectivity index (χ4n) is 1.95. The number of nitrogens with one attached hydrogen (secondary N) is 2. The van der Waals surface area contributed by atoms with Gasteiger partial charge in [0.25, 0.3) is 5.56 Å². The summed E-state index contributed by atoms with van der Waals surface area (Å²) in [6.45, 7) is 6.43. The van der Waals surface area contributed by atoms with Crippen LogP contribution in [0.3, 0.4) is 0 Å². The first-order valence-corrected chi connectivity index (χ1v) is 6.60. The zero-order chi connectivity index (χ0) is 14.2. The van der Waals surface area contributed by atoms with E-state index in [1.54, 1.807) is 0 Å². The van der Waals surface area contributed by atoms with E-state index in [2.05, 4.69) is 15.0 Å². The highest BCUT2D eigenvalue weighted by Gasteiger charge is 2.12. The van der Waals surface area contributed by atoms with Crippen LogP contribution >= 0.6 is 12.2 Å². The van der Waals surface area contributed by atoms with Crippen molar-refractivity contribution in [2.45, 2.75) is 33.7 Å². The summed E-state index contributed by atoms with van der Waals surface area (Å²) < 4.78 is 1.74. The number of H-pyrrole nitrogens is 2. The van der Waals surface area contributed by atoms with E-state index in [9.17, 15) is 9.59 Å². The first-order valence-electron chi connectivity index (χ1n) is 6.20. The molecule has 0 fully saturated rings. The van der Waals surface area contributed by atoms with Gasteiger partial charge < -0.3 is 4.98 Å². The van der Waals surface area contributed by atoms with Crippen molar-refractivity contribution in [1.82, 2.24) is 19.5 Å². The normalized spacial score (nSPS) is 11.4. The molecule has 0 atom stereocenters. The molecule has 0 saturated carbocycles. The molecule has 2 aromatic rings. The minimum Gasteiger partial charge on any atom is -0.329 e. The van der Waals surface area contributed by atoms with Crippen LogP contribution in [0.25, 0.3) is 11.0 Å². The van der Waals surface area contributed by atoms with Crippen LogP contribution in [0.5, 0.6) is 0 Å². The standard InChI is InChI=1S/C12H16N4O2S/c1-4-7-13-9-8(11(19)14-7)10(17)15-12(18)16(9)5-6(2)3/h6H,4-5H2,1-3H3,(H,13,14,19)(H,15,17,18). The lowest BCUT2D eigenvalue weighted by molar-refractivity contribution is 0.512. The largest absolute Gasteiger partial charge is 0.329 e. The molecule has 0 amide bonds. The van der Waals surface area contributed by atoms with Gasteiger partial charge in [-0.05, 0) is 5.92 Å². The van der Waals surface area contributed by atoms with Crippen LogP contribution in [0, 0.1) is 10.6 Å². The molecular weight excluding hydrogens is 264 g/mol. The third kappa shape index (κ3) is 2.51. The molecule has 0 aromatic carbocycles. The number of aryl methyl sites for hydroxylation is 1. The number of rotatable bonds is 3. The van der Waals surface area contributed by atoms with E-state index in [1.165, 1.54) is 4.57 Å². The van der Waals surface area contributed by atoms with Gasteiger partial charge in [-0.15, -0.1) is 0 Å². The highest BCUT2D eigenvalue weighted by atomic mass is 32.1. The van der Waals surface area contributed by atoms with E-state index >= 15 is 0 Å². The lowest BCUT2D eigenvalue weighted by Gasteiger charge is -2.12. The molecule has 0 aliphatic rings. The maximum Gasteiger partial charge on any atom is 0.329 e. The van der Waals surface area contributed by atoms with Crippen molar-refractivity contribution >= 4 is 23.3 Å². The van der Waals surface area contributed by atoms with E-state index in [4.69, 9.17) is 12.2 Å². The highest BCUT2D eigenvalue weighted by Crippen LogP contribution is 2.08. The second kappa shape index (κ2) is 5.08. The maximum absolute atomic E-state index is 11.9. The van der Waals surface area contributed by atoms with Crippen LogP contribution in [0.15, 0.2) is 9.59 Å². The number of fused-ring (bicyclic) bond motifs is 1. The van der Waals surface area contributed by atoms with E-state index in [-0.39, 0.29) is 15.9 Å². The van der Waals surface area contributed by atoms with Gasteiger partial charge in [0, 0.05) is 13.0 Å². The summed E-state index contributed by atoms with van der Waals surface area (Å²) in [4.78, 5) is 33.3. The van der Waals surface area contributed by atoms with Gasteiger partial charge in [-0.3, -0.25) is 14.3 Å². The van der Waals surface area contributed by atoms with Crippen LogP contribution in [0.4, 0.5) is 0 Å². The van der Waals surface area contributed by atoms with Crippen LogP contribution in [-0.2, 0) is 13.0 Å². The second-order valence-corrected chi connectivity index (χ2v) is 5.22. The van der Waals surface area contributed by atoms with Crippen molar-refractivity contribution in [1.29, 1.82) is 0 Å². The quantitative estimate of drug-likeness (QED) is 0.832. The van der Waals surface area contributed by atoms with Crippen molar-refractivity contribution in [3.8, 4) is 0 Å². The number of aromatic amines is 2. The van der Waals surface area contributed by atoms with Crippen molar-refractivity contribution in [3.63, 3.8) is 0 Å². The molecule has 0 saturated heterocycles. The van der Waals surface area contributed by atoms with Gasteiger partial charge in [0.2, 0.25) is 0 Å². The van der Waals surface area contributed by atoms with Gasteiger partial charge >= 0.3 is 5.69 Å². The summed E-state index contributed by atoms with van der Waals surface area (Å²) in [5.74, 6) is 0.937. The third-order valence-corrected chi connectivity index (χ3v) is 3.09. The minimum absolute atomic E-state index is 0.226. The molecule has 2 N–H and O–H groups in total.